The fourth-order valence-electron chi connectivity index (χ4n) is 3.72. The molecule has 16 heavy (non-hydrogen) atoms. The molecule has 0 saturated carbocycles. The molecule has 4 nitrogen and oxygen atoms in total. The van der Waals surface area contributed by atoms with Crippen LogP contribution in [0.5, 0.6) is 0 Å². The standard InChI is InChI=1S/C12H18O4/c13-11(14)12(8-2-1-5-15-7-8)6-9-3-4-10(12)16-9/h8-10H,1-7H2,(H,13,14). The first-order chi connectivity index (χ1) is 7.73. The van der Waals surface area contributed by atoms with Crippen molar-refractivity contribution in [3.63, 3.8) is 0 Å². The van der Waals surface area contributed by atoms with Crippen LogP contribution in [0.2, 0.25) is 0 Å². The van der Waals surface area contributed by atoms with Crippen molar-refractivity contribution in [2.24, 2.45) is 11.3 Å². The Morgan fingerprint density at radius 3 is 2.69 bits per heavy atom. The highest BCUT2D eigenvalue weighted by molar-refractivity contribution is 5.76. The molecular formula is C12H18O4. The molecule has 3 saturated heterocycles. The third-order valence-corrected chi connectivity index (χ3v) is 4.53. The average Bonchev–Trinajstić information content (AvgIpc) is 2.90. The largest absolute Gasteiger partial charge is 0.481 e. The Morgan fingerprint density at radius 1 is 1.31 bits per heavy atom. The van der Waals surface area contributed by atoms with E-state index in [0.717, 1.165) is 32.3 Å². The SMILES string of the molecule is O=C(O)C1(C2CCCOC2)CC2CCC1O2. The molecule has 90 valence electrons. The van der Waals surface area contributed by atoms with Gasteiger partial charge in [-0.3, -0.25) is 4.79 Å². The molecule has 0 aliphatic carbocycles. The van der Waals surface area contributed by atoms with Crippen molar-refractivity contribution in [2.75, 3.05) is 13.2 Å². The van der Waals surface area contributed by atoms with Crippen LogP contribution in [-0.4, -0.2) is 36.5 Å². The van der Waals surface area contributed by atoms with Crippen LogP contribution in [0.1, 0.15) is 32.1 Å². The Labute approximate surface area is 94.9 Å². The summed E-state index contributed by atoms with van der Waals surface area (Å²) in [6.45, 7) is 1.38. The number of ether oxygens (including phenoxy) is 2. The zero-order valence-electron chi connectivity index (χ0n) is 9.35. The molecule has 4 heteroatoms. The smallest absolute Gasteiger partial charge is 0.312 e. The van der Waals surface area contributed by atoms with Crippen LogP contribution < -0.4 is 0 Å². The summed E-state index contributed by atoms with van der Waals surface area (Å²) in [4.78, 5) is 11.7. The second-order valence-electron chi connectivity index (χ2n) is 5.29. The Morgan fingerprint density at radius 2 is 2.19 bits per heavy atom. The molecular weight excluding hydrogens is 208 g/mol. The second-order valence-corrected chi connectivity index (χ2v) is 5.29. The van der Waals surface area contributed by atoms with E-state index in [-0.39, 0.29) is 18.1 Å². The zero-order valence-corrected chi connectivity index (χ0v) is 9.35. The predicted molar refractivity (Wildman–Crippen MR) is 56.1 cm³/mol. The predicted octanol–water partition coefficient (Wildman–Crippen LogP) is 1.44. The summed E-state index contributed by atoms with van der Waals surface area (Å²) in [6.07, 6.45) is 4.71. The van der Waals surface area contributed by atoms with Crippen molar-refractivity contribution in [2.45, 2.75) is 44.3 Å². The molecule has 3 fully saturated rings. The van der Waals surface area contributed by atoms with Crippen molar-refractivity contribution < 1.29 is 19.4 Å². The van der Waals surface area contributed by atoms with Crippen LogP contribution in [0.15, 0.2) is 0 Å². The molecule has 4 unspecified atom stereocenters. The fourth-order valence-corrected chi connectivity index (χ4v) is 3.72. The van der Waals surface area contributed by atoms with Gasteiger partial charge >= 0.3 is 5.97 Å². The average molecular weight is 226 g/mol. The topological polar surface area (TPSA) is 55.8 Å². The lowest BCUT2D eigenvalue weighted by atomic mass is 9.64. The molecule has 0 radical (unpaired) electrons. The summed E-state index contributed by atoms with van der Waals surface area (Å²) in [7, 11) is 0. The quantitative estimate of drug-likeness (QED) is 0.774. The van der Waals surface area contributed by atoms with Crippen molar-refractivity contribution in [3.8, 4) is 0 Å². The molecule has 0 aromatic rings. The minimum Gasteiger partial charge on any atom is -0.481 e. The van der Waals surface area contributed by atoms with E-state index in [4.69, 9.17) is 9.47 Å². The van der Waals surface area contributed by atoms with Gasteiger partial charge in [-0.1, -0.05) is 0 Å². The first kappa shape index (κ1) is 10.5. The lowest BCUT2D eigenvalue weighted by Gasteiger charge is -2.40. The number of carbonyl (C=O) groups is 1. The molecule has 0 aromatic heterocycles. The van der Waals surface area contributed by atoms with Crippen LogP contribution in [0.4, 0.5) is 0 Å². The molecule has 3 heterocycles. The van der Waals surface area contributed by atoms with Gasteiger partial charge in [0.1, 0.15) is 5.41 Å². The summed E-state index contributed by atoms with van der Waals surface area (Å²) >= 11 is 0. The van der Waals surface area contributed by atoms with Crippen LogP contribution >= 0.6 is 0 Å². The maximum atomic E-state index is 11.7. The van der Waals surface area contributed by atoms with Gasteiger partial charge in [0.25, 0.3) is 0 Å². The highest BCUT2D eigenvalue weighted by atomic mass is 16.5. The number of rotatable bonds is 2. The number of carboxylic acids is 1. The van der Waals surface area contributed by atoms with Crippen molar-refractivity contribution in [1.82, 2.24) is 0 Å². The van der Waals surface area contributed by atoms with Gasteiger partial charge in [0, 0.05) is 12.5 Å². The summed E-state index contributed by atoms with van der Waals surface area (Å²) in [5.74, 6) is -0.524. The molecule has 0 spiro atoms. The van der Waals surface area contributed by atoms with Crippen molar-refractivity contribution in [1.29, 1.82) is 0 Å². The Balaban J connectivity index is 1.88. The Hall–Kier alpha value is -0.610. The van der Waals surface area contributed by atoms with Gasteiger partial charge in [0.2, 0.25) is 0 Å². The van der Waals surface area contributed by atoms with Gasteiger partial charge in [0.05, 0.1) is 18.8 Å². The Bertz CT molecular complexity index is 297. The molecule has 1 N–H and O–H groups in total. The number of fused-ring (bicyclic) bond motifs is 2. The van der Waals surface area contributed by atoms with Crippen molar-refractivity contribution in [3.05, 3.63) is 0 Å². The monoisotopic (exact) mass is 226 g/mol. The van der Waals surface area contributed by atoms with Crippen LogP contribution in [0, 0.1) is 11.3 Å². The maximum Gasteiger partial charge on any atom is 0.312 e. The molecule has 3 aliphatic rings. The van der Waals surface area contributed by atoms with Gasteiger partial charge in [-0.15, -0.1) is 0 Å². The number of aliphatic carboxylic acids is 1. The highest BCUT2D eigenvalue weighted by Gasteiger charge is 2.61. The maximum absolute atomic E-state index is 11.7. The van der Waals surface area contributed by atoms with Gasteiger partial charge < -0.3 is 14.6 Å². The number of hydrogen-bond donors (Lipinski definition) is 1. The van der Waals surface area contributed by atoms with E-state index in [1.54, 1.807) is 0 Å². The minimum absolute atomic E-state index is 0.0679. The molecule has 0 aromatic carbocycles. The van der Waals surface area contributed by atoms with E-state index in [2.05, 4.69) is 0 Å². The summed E-state index contributed by atoms with van der Waals surface area (Å²) < 4.78 is 11.2. The third kappa shape index (κ3) is 1.32. The highest BCUT2D eigenvalue weighted by Crippen LogP contribution is 2.53. The van der Waals surface area contributed by atoms with Crippen LogP contribution in [0.3, 0.4) is 0 Å². The molecule has 2 bridgehead atoms. The fraction of sp³-hybridized carbons (Fsp3) is 0.917. The van der Waals surface area contributed by atoms with E-state index < -0.39 is 11.4 Å². The molecule has 4 atom stereocenters. The number of carboxylic acid groups (broad SMARTS) is 1. The van der Waals surface area contributed by atoms with Crippen molar-refractivity contribution >= 4 is 5.97 Å². The normalized spacial score (nSPS) is 47.1. The van der Waals surface area contributed by atoms with E-state index in [1.165, 1.54) is 0 Å². The van der Waals surface area contributed by atoms with Crippen LogP contribution in [-0.2, 0) is 14.3 Å². The minimum atomic E-state index is -0.671. The first-order valence-electron chi connectivity index (χ1n) is 6.20. The van der Waals surface area contributed by atoms with E-state index in [9.17, 15) is 9.90 Å². The molecule has 3 rings (SSSR count). The molecule has 3 aliphatic heterocycles. The lowest BCUT2D eigenvalue weighted by molar-refractivity contribution is -0.161. The number of hydrogen-bond acceptors (Lipinski definition) is 3. The van der Waals surface area contributed by atoms with Gasteiger partial charge in [0.15, 0.2) is 0 Å². The van der Waals surface area contributed by atoms with Gasteiger partial charge in [-0.05, 0) is 32.1 Å². The van der Waals surface area contributed by atoms with Crippen LogP contribution in [0.25, 0.3) is 0 Å². The van der Waals surface area contributed by atoms with Gasteiger partial charge in [-0.2, -0.15) is 0 Å². The van der Waals surface area contributed by atoms with E-state index >= 15 is 0 Å². The third-order valence-electron chi connectivity index (χ3n) is 4.53. The summed E-state index contributed by atoms with van der Waals surface area (Å²) in [6, 6.07) is 0. The zero-order chi connectivity index (χ0) is 11.2. The second kappa shape index (κ2) is 3.70. The first-order valence-corrected chi connectivity index (χ1v) is 6.20. The van der Waals surface area contributed by atoms with E-state index in [0.29, 0.717) is 13.0 Å². The summed E-state index contributed by atoms with van der Waals surface area (Å²) in [5, 5.41) is 9.60. The lowest BCUT2D eigenvalue weighted by Crippen LogP contribution is -2.49. The van der Waals surface area contributed by atoms with E-state index in [1.807, 2.05) is 0 Å². The molecule has 0 amide bonds. The van der Waals surface area contributed by atoms with Gasteiger partial charge in [-0.25, -0.2) is 0 Å². The Kier molecular flexibility index (Phi) is 2.44. The summed E-state index contributed by atoms with van der Waals surface area (Å²) in [5.41, 5.74) is -0.649.